The number of aromatic nitrogens is 2. The highest BCUT2D eigenvalue weighted by molar-refractivity contribution is 6.36. The third-order valence-corrected chi connectivity index (χ3v) is 8.71. The fourth-order valence-corrected chi connectivity index (χ4v) is 6.48. The summed E-state index contributed by atoms with van der Waals surface area (Å²) in [7, 11) is 5.43. The van der Waals surface area contributed by atoms with Crippen LogP contribution in [0.2, 0.25) is 5.02 Å². The van der Waals surface area contributed by atoms with Gasteiger partial charge in [0.1, 0.15) is 27.9 Å². The molecule has 0 fully saturated rings. The van der Waals surface area contributed by atoms with Crippen LogP contribution < -0.4 is 30.8 Å². The van der Waals surface area contributed by atoms with E-state index in [1.54, 1.807) is 6.92 Å². The van der Waals surface area contributed by atoms with E-state index in [1.807, 2.05) is 0 Å². The molecule has 3 atom stereocenters. The zero-order valence-electron chi connectivity index (χ0n) is 23.1. The number of nitrogens with one attached hydrogen (secondary N) is 1. The van der Waals surface area contributed by atoms with Crippen molar-refractivity contribution in [3.8, 4) is 17.2 Å². The van der Waals surface area contributed by atoms with Gasteiger partial charge in [-0.05, 0) is 24.1 Å². The first kappa shape index (κ1) is 27.7. The molecule has 3 aliphatic rings. The molecular weight excluding hydrogens is 576 g/mol. The fourth-order valence-electron chi connectivity index (χ4n) is 6.21. The number of methoxy groups -OCH3 is 2. The van der Waals surface area contributed by atoms with E-state index in [0.717, 1.165) is 16.7 Å². The van der Waals surface area contributed by atoms with Crippen LogP contribution in [0.15, 0.2) is 45.1 Å². The minimum atomic E-state index is -2.12. The molecule has 3 heterocycles. The first-order valence-corrected chi connectivity index (χ1v) is 13.2. The number of carbonyl (C=O) groups is 2. The van der Waals surface area contributed by atoms with E-state index >= 15 is 0 Å². The monoisotopic (exact) mass is 599 g/mol. The Morgan fingerprint density at radius 2 is 1.69 bits per heavy atom. The minimum absolute atomic E-state index is 0.0357. The number of rotatable bonds is 3. The van der Waals surface area contributed by atoms with Gasteiger partial charge in [0.05, 0.1) is 19.8 Å². The maximum absolute atomic E-state index is 14.7. The van der Waals surface area contributed by atoms with Crippen LogP contribution in [0.1, 0.15) is 40.7 Å². The SMILES string of the molecule is COc1cc(OC)c2c(c1Cl)OC1(C(=O)C3=C(CC1C)Nc1c(c(=O)n(C)c(=O)n1C)C3c1ccc(F)c(F)c1)C2=O. The largest absolute Gasteiger partial charge is 0.496 e. The first-order chi connectivity index (χ1) is 19.9. The number of carbonyl (C=O) groups excluding carboxylic acids is 2. The summed E-state index contributed by atoms with van der Waals surface area (Å²) in [5, 5.41) is 3.02. The lowest BCUT2D eigenvalue weighted by molar-refractivity contribution is -0.130. The molecule has 0 bridgehead atoms. The Hall–Kier alpha value is -4.45. The lowest BCUT2D eigenvalue weighted by Crippen LogP contribution is -2.58. The van der Waals surface area contributed by atoms with Crippen LogP contribution in [0.4, 0.5) is 14.6 Å². The van der Waals surface area contributed by atoms with Gasteiger partial charge in [-0.25, -0.2) is 13.6 Å². The van der Waals surface area contributed by atoms with Gasteiger partial charge in [-0.3, -0.25) is 23.5 Å². The molecule has 3 aromatic rings. The summed E-state index contributed by atoms with van der Waals surface area (Å²) in [5.74, 6) is -5.63. The van der Waals surface area contributed by atoms with Crippen LogP contribution in [-0.4, -0.2) is 40.5 Å². The van der Waals surface area contributed by atoms with Crippen molar-refractivity contribution >= 4 is 29.0 Å². The van der Waals surface area contributed by atoms with Crippen molar-refractivity contribution in [3.05, 3.63) is 89.7 Å². The van der Waals surface area contributed by atoms with E-state index in [0.29, 0.717) is 5.70 Å². The standard InChI is InChI=1S/C29H24ClF2N3O7/c1-11-8-15-19(24(36)29(11)25(37)20-16(40-4)10-17(41-5)22(30)23(20)42-29)18(12-6-7-13(31)14(32)9-12)21-26(33-15)34(2)28(39)35(3)27(21)38/h6-7,9-11,18,33H,8H2,1-5H3. The van der Waals surface area contributed by atoms with Crippen LogP contribution in [0.5, 0.6) is 17.2 Å². The summed E-state index contributed by atoms with van der Waals surface area (Å²) in [6.07, 6.45) is 0.0564. The fraction of sp³-hybridized carbons (Fsp3) is 0.310. The van der Waals surface area contributed by atoms with Gasteiger partial charge in [-0.2, -0.15) is 0 Å². The quantitative estimate of drug-likeness (QED) is 0.455. The topological polar surface area (TPSA) is 118 Å². The molecule has 0 saturated heterocycles. The predicted octanol–water partition coefficient (Wildman–Crippen LogP) is 3.47. The summed E-state index contributed by atoms with van der Waals surface area (Å²) < 4.78 is 47.6. The Morgan fingerprint density at radius 3 is 2.33 bits per heavy atom. The Morgan fingerprint density at radius 1 is 1.00 bits per heavy atom. The molecule has 0 saturated carbocycles. The van der Waals surface area contributed by atoms with Gasteiger partial charge in [0.15, 0.2) is 17.4 Å². The van der Waals surface area contributed by atoms with E-state index in [2.05, 4.69) is 5.32 Å². The average Bonchev–Trinajstić information content (AvgIpc) is 3.29. The van der Waals surface area contributed by atoms with Crippen molar-refractivity contribution in [2.75, 3.05) is 19.5 Å². The molecule has 3 unspecified atom stereocenters. The lowest BCUT2D eigenvalue weighted by atomic mass is 9.66. The number of Topliss-reactive ketones (excluding diaryl/α,β-unsaturated/α-hetero) is 2. The molecular formula is C29H24ClF2N3O7. The summed E-state index contributed by atoms with van der Waals surface area (Å²) >= 11 is 6.53. The highest BCUT2D eigenvalue weighted by Crippen LogP contribution is 2.56. The molecule has 0 radical (unpaired) electrons. The number of hydrogen-bond donors (Lipinski definition) is 1. The number of halogens is 3. The molecule has 10 nitrogen and oxygen atoms in total. The highest BCUT2D eigenvalue weighted by Gasteiger charge is 2.63. The maximum Gasteiger partial charge on any atom is 0.332 e. The number of ether oxygens (including phenoxy) is 3. The van der Waals surface area contributed by atoms with Crippen molar-refractivity contribution < 1.29 is 32.6 Å². The van der Waals surface area contributed by atoms with Gasteiger partial charge < -0.3 is 19.5 Å². The predicted molar refractivity (Wildman–Crippen MR) is 147 cm³/mol. The molecule has 0 amide bonds. The van der Waals surface area contributed by atoms with Crippen LogP contribution in [0.25, 0.3) is 0 Å². The van der Waals surface area contributed by atoms with Gasteiger partial charge in [0, 0.05) is 43.3 Å². The van der Waals surface area contributed by atoms with Crippen LogP contribution in [0.3, 0.4) is 0 Å². The molecule has 2 aromatic carbocycles. The van der Waals surface area contributed by atoms with E-state index in [9.17, 15) is 28.0 Å². The Labute approximate surface area is 242 Å². The molecule has 1 aromatic heterocycles. The van der Waals surface area contributed by atoms with Crippen molar-refractivity contribution in [1.82, 2.24) is 9.13 Å². The Balaban J connectivity index is 1.63. The van der Waals surface area contributed by atoms with Crippen LogP contribution in [0, 0.1) is 17.6 Å². The lowest BCUT2D eigenvalue weighted by Gasteiger charge is -2.42. The van der Waals surface area contributed by atoms with Gasteiger partial charge in [0.2, 0.25) is 17.2 Å². The molecule has 1 N–H and O–H groups in total. The van der Waals surface area contributed by atoms with Crippen molar-refractivity contribution in [1.29, 1.82) is 0 Å². The maximum atomic E-state index is 14.7. The number of fused-ring (bicyclic) bond motifs is 2. The van der Waals surface area contributed by atoms with Gasteiger partial charge in [0.25, 0.3) is 5.56 Å². The second kappa shape index (κ2) is 9.28. The zero-order valence-corrected chi connectivity index (χ0v) is 23.8. The Bertz CT molecular complexity index is 1910. The van der Waals surface area contributed by atoms with E-state index in [4.69, 9.17) is 25.8 Å². The molecule has 218 valence electrons. The second-order valence-corrected chi connectivity index (χ2v) is 10.9. The Kier molecular flexibility index (Phi) is 6.12. The molecule has 2 aliphatic heterocycles. The van der Waals surface area contributed by atoms with Crippen LogP contribution in [-0.2, 0) is 18.9 Å². The number of hydrogen-bond acceptors (Lipinski definition) is 8. The number of ketones is 2. The zero-order chi connectivity index (χ0) is 30.4. The molecule has 6 rings (SSSR count). The normalized spacial score (nSPS) is 22.4. The van der Waals surface area contributed by atoms with Gasteiger partial charge >= 0.3 is 5.69 Å². The number of allylic oxidation sites excluding steroid dienone is 1. The first-order valence-electron chi connectivity index (χ1n) is 12.9. The average molecular weight is 600 g/mol. The summed E-state index contributed by atoms with van der Waals surface area (Å²) in [5.41, 5.74) is -3.27. The smallest absolute Gasteiger partial charge is 0.332 e. The van der Waals surface area contributed by atoms with E-state index in [1.165, 1.54) is 45.0 Å². The van der Waals surface area contributed by atoms with Crippen molar-refractivity contribution in [3.63, 3.8) is 0 Å². The molecule has 1 aliphatic carbocycles. The molecule has 13 heteroatoms. The number of benzene rings is 2. The third-order valence-electron chi connectivity index (χ3n) is 8.35. The van der Waals surface area contributed by atoms with Crippen molar-refractivity contribution in [2.24, 2.45) is 20.0 Å². The van der Waals surface area contributed by atoms with Gasteiger partial charge in [-0.15, -0.1) is 0 Å². The number of anilines is 1. The van der Waals surface area contributed by atoms with Gasteiger partial charge in [-0.1, -0.05) is 24.6 Å². The highest BCUT2D eigenvalue weighted by atomic mass is 35.5. The van der Waals surface area contributed by atoms with Crippen molar-refractivity contribution in [2.45, 2.75) is 24.9 Å². The minimum Gasteiger partial charge on any atom is -0.496 e. The summed E-state index contributed by atoms with van der Waals surface area (Å²) in [6.45, 7) is 1.65. The molecule has 1 spiro atoms. The number of nitrogens with zero attached hydrogens (tertiary/aromatic N) is 2. The van der Waals surface area contributed by atoms with E-state index in [-0.39, 0.29) is 56.8 Å². The molecule has 42 heavy (non-hydrogen) atoms. The van der Waals surface area contributed by atoms with Crippen LogP contribution >= 0.6 is 11.6 Å². The second-order valence-electron chi connectivity index (χ2n) is 10.5. The third kappa shape index (κ3) is 3.41. The van der Waals surface area contributed by atoms with E-state index < -0.39 is 51.9 Å². The summed E-state index contributed by atoms with van der Waals surface area (Å²) in [6, 6.07) is 4.44. The summed E-state index contributed by atoms with van der Waals surface area (Å²) in [4.78, 5) is 55.3.